The summed E-state index contributed by atoms with van der Waals surface area (Å²) in [5.41, 5.74) is 1.35. The van der Waals surface area contributed by atoms with Crippen LogP contribution in [0.1, 0.15) is 0 Å². The van der Waals surface area contributed by atoms with Gasteiger partial charge in [-0.25, -0.2) is 14.1 Å². The maximum Gasteiger partial charge on any atom is 0.291 e. The van der Waals surface area contributed by atoms with Crippen LogP contribution in [0.5, 0.6) is 0 Å². The number of benzene rings is 2. The zero-order valence-corrected chi connectivity index (χ0v) is 15.4. The van der Waals surface area contributed by atoms with E-state index in [1.165, 1.54) is 27.7 Å². The predicted molar refractivity (Wildman–Crippen MR) is 99.3 cm³/mol. The number of alkyl halides is 2. The first-order chi connectivity index (χ1) is 14.0. The number of nitrogens with one attached hydrogen (secondary N) is 1. The number of carbonyl (C=O) groups excluding carboxylic acids is 1. The number of imidazole rings is 1. The Kier molecular flexibility index (Phi) is 5.16. The summed E-state index contributed by atoms with van der Waals surface area (Å²) in [5, 5.41) is 13.2. The first kappa shape index (κ1) is 18.9. The number of carbonyl (C=O) groups is 1. The van der Waals surface area contributed by atoms with Crippen molar-refractivity contribution < 1.29 is 18.0 Å². The van der Waals surface area contributed by atoms with Crippen LogP contribution in [0.3, 0.4) is 0 Å². The van der Waals surface area contributed by atoms with Crippen molar-refractivity contribution in [1.29, 1.82) is 0 Å². The maximum absolute atomic E-state index is 14.2. The van der Waals surface area contributed by atoms with Gasteiger partial charge in [-0.05, 0) is 52.5 Å². The minimum Gasteiger partial charge on any atom is -0.322 e. The van der Waals surface area contributed by atoms with Crippen LogP contribution in [0.2, 0.25) is 0 Å². The third kappa shape index (κ3) is 4.06. The van der Waals surface area contributed by atoms with Gasteiger partial charge in [0.15, 0.2) is 5.16 Å². The Morgan fingerprint density at radius 2 is 2.03 bits per heavy atom. The van der Waals surface area contributed by atoms with Crippen molar-refractivity contribution in [2.45, 2.75) is 17.5 Å². The standard InChI is InChI=1S/C17H12F3N7OS/c18-11-6-5-10(27-9-21-24-25-27)7-13(11)22-15(28)8-26-14-4-2-1-3-12(14)23-17(26)29-16(19)20/h1-7,9,16H,8H2,(H,22,28). The van der Waals surface area contributed by atoms with Crippen LogP contribution < -0.4 is 5.32 Å². The van der Waals surface area contributed by atoms with Crippen LogP contribution in [-0.2, 0) is 11.3 Å². The minimum absolute atomic E-state index is 0.000683. The highest BCUT2D eigenvalue weighted by molar-refractivity contribution is 7.99. The highest BCUT2D eigenvalue weighted by atomic mass is 32.2. The third-order valence-corrected chi connectivity index (χ3v) is 4.65. The van der Waals surface area contributed by atoms with E-state index in [9.17, 15) is 18.0 Å². The summed E-state index contributed by atoms with van der Waals surface area (Å²) in [7, 11) is 0. The molecule has 12 heteroatoms. The summed E-state index contributed by atoms with van der Waals surface area (Å²) in [6.45, 7) is -0.315. The zero-order chi connectivity index (χ0) is 20.4. The number of anilines is 1. The van der Waals surface area contributed by atoms with Crippen LogP contribution in [-0.4, -0.2) is 41.4 Å². The molecule has 0 aliphatic carbocycles. The Balaban J connectivity index is 1.60. The van der Waals surface area contributed by atoms with Crippen molar-refractivity contribution in [3.8, 4) is 5.69 Å². The Morgan fingerprint density at radius 1 is 1.21 bits per heavy atom. The van der Waals surface area contributed by atoms with Crippen LogP contribution in [0.15, 0.2) is 53.9 Å². The SMILES string of the molecule is O=C(Cn1c(SC(F)F)nc2ccccc21)Nc1cc(-n2cnnn2)ccc1F. The highest BCUT2D eigenvalue weighted by Gasteiger charge is 2.18. The van der Waals surface area contributed by atoms with Crippen molar-refractivity contribution in [3.05, 3.63) is 54.6 Å². The number of thioether (sulfide) groups is 1. The molecule has 0 atom stereocenters. The predicted octanol–water partition coefficient (Wildman–Crippen LogP) is 3.10. The molecule has 0 saturated heterocycles. The second kappa shape index (κ2) is 7.91. The molecule has 0 radical (unpaired) electrons. The van der Waals surface area contributed by atoms with Crippen LogP contribution in [0.25, 0.3) is 16.7 Å². The molecular formula is C17H12F3N7OS. The number of hydrogen-bond donors (Lipinski definition) is 1. The zero-order valence-electron chi connectivity index (χ0n) is 14.5. The van der Waals surface area contributed by atoms with E-state index >= 15 is 0 Å². The molecule has 148 valence electrons. The van der Waals surface area contributed by atoms with E-state index in [0.29, 0.717) is 16.7 Å². The number of nitrogens with zero attached hydrogens (tertiary/aromatic N) is 6. The quantitative estimate of drug-likeness (QED) is 0.483. The van der Waals surface area contributed by atoms with Gasteiger partial charge in [0, 0.05) is 0 Å². The molecule has 0 aliphatic rings. The molecule has 0 bridgehead atoms. The molecule has 2 aromatic heterocycles. The van der Waals surface area contributed by atoms with Gasteiger partial charge in [-0.1, -0.05) is 12.1 Å². The molecular weight excluding hydrogens is 407 g/mol. The molecule has 4 aromatic rings. The smallest absolute Gasteiger partial charge is 0.291 e. The number of rotatable bonds is 6. The average Bonchev–Trinajstić information content (AvgIpc) is 3.32. The Labute approximate surface area is 165 Å². The van der Waals surface area contributed by atoms with Gasteiger partial charge >= 0.3 is 0 Å². The van der Waals surface area contributed by atoms with Crippen LogP contribution in [0, 0.1) is 5.82 Å². The average molecular weight is 419 g/mol. The molecule has 8 nitrogen and oxygen atoms in total. The maximum atomic E-state index is 14.2. The highest BCUT2D eigenvalue weighted by Crippen LogP contribution is 2.28. The van der Waals surface area contributed by atoms with Gasteiger partial charge in [-0.2, -0.15) is 8.78 Å². The molecule has 0 saturated carbocycles. The monoisotopic (exact) mass is 419 g/mol. The Morgan fingerprint density at radius 3 is 2.79 bits per heavy atom. The number of amides is 1. The van der Waals surface area contributed by atoms with E-state index in [2.05, 4.69) is 25.8 Å². The van der Waals surface area contributed by atoms with E-state index in [-0.39, 0.29) is 29.2 Å². The second-order valence-electron chi connectivity index (χ2n) is 5.81. The molecule has 4 rings (SSSR count). The fraction of sp³-hybridized carbons (Fsp3) is 0.118. The first-order valence-electron chi connectivity index (χ1n) is 8.24. The molecule has 1 N–H and O–H groups in total. The first-order valence-corrected chi connectivity index (χ1v) is 9.12. The summed E-state index contributed by atoms with van der Waals surface area (Å²) >= 11 is 0.242. The molecule has 29 heavy (non-hydrogen) atoms. The van der Waals surface area contributed by atoms with Gasteiger partial charge in [-0.15, -0.1) is 5.10 Å². The molecule has 2 heterocycles. The molecule has 0 aliphatic heterocycles. The lowest BCUT2D eigenvalue weighted by Gasteiger charge is -2.11. The summed E-state index contributed by atoms with van der Waals surface area (Å²) < 4.78 is 42.6. The number of hydrogen-bond acceptors (Lipinski definition) is 6. The Bertz CT molecular complexity index is 1160. The fourth-order valence-electron chi connectivity index (χ4n) is 2.74. The van der Waals surface area contributed by atoms with Gasteiger partial charge in [0.25, 0.3) is 5.76 Å². The summed E-state index contributed by atoms with van der Waals surface area (Å²) in [5.74, 6) is -3.95. The lowest BCUT2D eigenvalue weighted by Crippen LogP contribution is -2.20. The van der Waals surface area contributed by atoms with Gasteiger partial charge in [0.05, 0.1) is 22.4 Å². The van der Waals surface area contributed by atoms with Gasteiger partial charge in [0.2, 0.25) is 5.91 Å². The summed E-state index contributed by atoms with van der Waals surface area (Å²) in [6, 6.07) is 10.7. The Hall–Kier alpha value is -3.41. The van der Waals surface area contributed by atoms with Crippen LogP contribution >= 0.6 is 11.8 Å². The van der Waals surface area contributed by atoms with Crippen LogP contribution in [0.4, 0.5) is 18.9 Å². The summed E-state index contributed by atoms with van der Waals surface area (Å²) in [6.07, 6.45) is 1.32. The lowest BCUT2D eigenvalue weighted by atomic mass is 10.2. The minimum atomic E-state index is -2.70. The molecule has 0 unspecified atom stereocenters. The van der Waals surface area contributed by atoms with Crippen molar-refractivity contribution in [1.82, 2.24) is 29.8 Å². The number of fused-ring (bicyclic) bond motifs is 1. The second-order valence-corrected chi connectivity index (χ2v) is 6.77. The van der Waals surface area contributed by atoms with Crippen molar-refractivity contribution >= 4 is 34.4 Å². The van der Waals surface area contributed by atoms with Gasteiger partial charge in [-0.3, -0.25) is 4.79 Å². The normalized spacial score (nSPS) is 11.3. The number of halogens is 3. The van der Waals surface area contributed by atoms with E-state index in [1.54, 1.807) is 24.3 Å². The lowest BCUT2D eigenvalue weighted by molar-refractivity contribution is -0.116. The number of tetrazole rings is 1. The number of aromatic nitrogens is 6. The van der Waals surface area contributed by atoms with Gasteiger partial charge in [0.1, 0.15) is 18.7 Å². The van der Waals surface area contributed by atoms with E-state index < -0.39 is 17.5 Å². The van der Waals surface area contributed by atoms with Crippen molar-refractivity contribution in [3.63, 3.8) is 0 Å². The molecule has 0 fully saturated rings. The molecule has 0 spiro atoms. The van der Waals surface area contributed by atoms with E-state index in [4.69, 9.17) is 0 Å². The fourth-order valence-corrected chi connectivity index (χ4v) is 3.34. The van der Waals surface area contributed by atoms with E-state index in [0.717, 1.165) is 6.07 Å². The van der Waals surface area contributed by atoms with Gasteiger partial charge < -0.3 is 9.88 Å². The van der Waals surface area contributed by atoms with Crippen molar-refractivity contribution in [2.24, 2.45) is 0 Å². The third-order valence-electron chi connectivity index (χ3n) is 3.95. The summed E-state index contributed by atoms with van der Waals surface area (Å²) in [4.78, 5) is 16.7. The number of para-hydroxylation sites is 2. The topological polar surface area (TPSA) is 90.5 Å². The molecule has 2 aromatic carbocycles. The van der Waals surface area contributed by atoms with E-state index in [1.807, 2.05) is 0 Å². The largest absolute Gasteiger partial charge is 0.322 e. The molecule has 1 amide bonds. The van der Waals surface area contributed by atoms with Crippen molar-refractivity contribution in [2.75, 3.05) is 5.32 Å².